The highest BCUT2D eigenvalue weighted by atomic mass is 35.5. The van der Waals surface area contributed by atoms with Gasteiger partial charge in [0.25, 0.3) is 5.91 Å². The number of halogens is 3. The number of hydrogen-bond donors (Lipinski definition) is 1. The Morgan fingerprint density at radius 1 is 1.17 bits per heavy atom. The zero-order valence-electron chi connectivity index (χ0n) is 12.3. The summed E-state index contributed by atoms with van der Waals surface area (Å²) in [5.74, 6) is -0.557. The molecule has 24 heavy (non-hydrogen) atoms. The SMILES string of the molecule is C[C@@H](Oc1ccccc1[N+](=O)[O-])C(=O)Nc1cc(Cl)c(Cl)cc1Cl. The molecule has 0 fully saturated rings. The van der Waals surface area contributed by atoms with Crippen molar-refractivity contribution in [3.63, 3.8) is 0 Å². The molecule has 0 radical (unpaired) electrons. The van der Waals surface area contributed by atoms with Crippen LogP contribution in [0.1, 0.15) is 6.92 Å². The van der Waals surface area contributed by atoms with Crippen LogP contribution in [0.5, 0.6) is 5.75 Å². The lowest BCUT2D eigenvalue weighted by molar-refractivity contribution is -0.386. The summed E-state index contributed by atoms with van der Waals surface area (Å²) in [6.07, 6.45) is -1.00. The molecular formula is C15H11Cl3N2O4. The van der Waals surface area contributed by atoms with Gasteiger partial charge in [-0.25, -0.2) is 0 Å². The van der Waals surface area contributed by atoms with E-state index in [4.69, 9.17) is 39.5 Å². The fraction of sp³-hybridized carbons (Fsp3) is 0.133. The van der Waals surface area contributed by atoms with Crippen LogP contribution in [0.4, 0.5) is 11.4 Å². The summed E-state index contributed by atoms with van der Waals surface area (Å²) in [4.78, 5) is 22.6. The number of nitro benzene ring substituents is 1. The van der Waals surface area contributed by atoms with Gasteiger partial charge in [0, 0.05) is 6.07 Å². The smallest absolute Gasteiger partial charge is 0.310 e. The zero-order chi connectivity index (χ0) is 17.9. The van der Waals surface area contributed by atoms with Crippen molar-refractivity contribution in [2.45, 2.75) is 13.0 Å². The second-order valence-electron chi connectivity index (χ2n) is 4.72. The van der Waals surface area contributed by atoms with Crippen LogP contribution < -0.4 is 10.1 Å². The maximum atomic E-state index is 12.2. The first kappa shape index (κ1) is 18.3. The first-order valence-electron chi connectivity index (χ1n) is 6.65. The first-order chi connectivity index (χ1) is 11.3. The number of carbonyl (C=O) groups excluding carboxylic acids is 1. The van der Waals surface area contributed by atoms with Crippen molar-refractivity contribution >= 4 is 52.1 Å². The van der Waals surface area contributed by atoms with E-state index in [0.29, 0.717) is 0 Å². The monoisotopic (exact) mass is 388 g/mol. The predicted molar refractivity (Wildman–Crippen MR) is 93.3 cm³/mol. The number of carbonyl (C=O) groups is 1. The van der Waals surface area contributed by atoms with Crippen molar-refractivity contribution in [1.29, 1.82) is 0 Å². The summed E-state index contributed by atoms with van der Waals surface area (Å²) in [6.45, 7) is 1.46. The summed E-state index contributed by atoms with van der Waals surface area (Å²) in [7, 11) is 0. The molecule has 1 N–H and O–H groups in total. The number of anilines is 1. The maximum absolute atomic E-state index is 12.2. The van der Waals surface area contributed by atoms with Crippen LogP contribution in [0.15, 0.2) is 36.4 Å². The van der Waals surface area contributed by atoms with Gasteiger partial charge in [0.05, 0.1) is 25.7 Å². The van der Waals surface area contributed by atoms with Gasteiger partial charge in [0.2, 0.25) is 0 Å². The minimum atomic E-state index is -1.00. The molecule has 0 saturated heterocycles. The number of amides is 1. The van der Waals surface area contributed by atoms with Gasteiger partial charge in [-0.2, -0.15) is 0 Å². The molecule has 6 nitrogen and oxygen atoms in total. The highest BCUT2D eigenvalue weighted by Crippen LogP contribution is 2.32. The Morgan fingerprint density at radius 3 is 2.46 bits per heavy atom. The topological polar surface area (TPSA) is 81.5 Å². The third-order valence-corrected chi connectivity index (χ3v) is 4.04. The van der Waals surface area contributed by atoms with Gasteiger partial charge in [0.1, 0.15) is 0 Å². The fourth-order valence-corrected chi connectivity index (χ4v) is 2.40. The average molecular weight is 390 g/mol. The number of nitro groups is 1. The summed E-state index contributed by atoms with van der Waals surface area (Å²) < 4.78 is 5.38. The van der Waals surface area contributed by atoms with Gasteiger partial charge < -0.3 is 10.1 Å². The Balaban J connectivity index is 2.14. The first-order valence-corrected chi connectivity index (χ1v) is 7.78. The lowest BCUT2D eigenvalue weighted by Crippen LogP contribution is -2.30. The van der Waals surface area contributed by atoms with Crippen molar-refractivity contribution in [3.8, 4) is 5.75 Å². The van der Waals surface area contributed by atoms with E-state index < -0.39 is 16.9 Å². The van der Waals surface area contributed by atoms with Crippen LogP contribution in [0.2, 0.25) is 15.1 Å². The molecule has 0 aromatic heterocycles. The molecule has 2 aromatic rings. The second kappa shape index (κ2) is 7.70. The molecule has 1 amide bonds. The van der Waals surface area contributed by atoms with E-state index in [9.17, 15) is 14.9 Å². The lowest BCUT2D eigenvalue weighted by Gasteiger charge is -2.15. The minimum absolute atomic E-state index is 0.00890. The number of rotatable bonds is 5. The Kier molecular flexibility index (Phi) is 5.88. The number of nitrogens with one attached hydrogen (secondary N) is 1. The van der Waals surface area contributed by atoms with Gasteiger partial charge in [-0.3, -0.25) is 14.9 Å². The molecule has 0 aliphatic heterocycles. The number of para-hydroxylation sites is 2. The predicted octanol–water partition coefficient (Wildman–Crippen LogP) is 4.96. The van der Waals surface area contributed by atoms with Crippen LogP contribution in [0, 0.1) is 10.1 Å². The molecule has 1 atom stereocenters. The van der Waals surface area contributed by atoms with Crippen molar-refractivity contribution in [2.75, 3.05) is 5.32 Å². The fourth-order valence-electron chi connectivity index (χ4n) is 1.80. The molecular weight excluding hydrogens is 379 g/mol. The Labute approximate surface area is 152 Å². The zero-order valence-corrected chi connectivity index (χ0v) is 14.5. The molecule has 9 heteroatoms. The summed E-state index contributed by atoms with van der Waals surface area (Å²) in [5, 5.41) is 14.2. The molecule has 126 valence electrons. The van der Waals surface area contributed by atoms with Crippen molar-refractivity contribution in [3.05, 3.63) is 61.6 Å². The number of nitrogens with zero attached hydrogens (tertiary/aromatic N) is 1. The van der Waals surface area contributed by atoms with Crippen LogP contribution in [-0.2, 0) is 4.79 Å². The highest BCUT2D eigenvalue weighted by Gasteiger charge is 2.21. The normalized spacial score (nSPS) is 11.7. The molecule has 0 aliphatic carbocycles. The molecule has 2 aromatic carbocycles. The molecule has 0 saturated carbocycles. The number of ether oxygens (including phenoxy) is 1. The average Bonchev–Trinajstić information content (AvgIpc) is 2.52. The summed E-state index contributed by atoms with van der Waals surface area (Å²) in [6, 6.07) is 8.58. The Bertz CT molecular complexity index is 798. The van der Waals surface area contributed by atoms with E-state index >= 15 is 0 Å². The summed E-state index contributed by atoms with van der Waals surface area (Å²) in [5.41, 5.74) is 0.0267. The molecule has 0 spiro atoms. The van der Waals surface area contributed by atoms with E-state index in [2.05, 4.69) is 5.32 Å². The van der Waals surface area contributed by atoms with Crippen molar-refractivity contribution in [1.82, 2.24) is 0 Å². The Hall–Kier alpha value is -2.02. The standard InChI is InChI=1S/C15H11Cl3N2O4/c1-8(24-14-5-3-2-4-13(14)20(22)23)15(21)19-12-7-10(17)9(16)6-11(12)18/h2-8H,1H3,(H,19,21)/t8-/m1/s1. The van der Waals surface area contributed by atoms with E-state index in [1.807, 2.05) is 0 Å². The van der Waals surface area contributed by atoms with Crippen LogP contribution in [0.3, 0.4) is 0 Å². The maximum Gasteiger partial charge on any atom is 0.310 e. The van der Waals surface area contributed by atoms with Gasteiger partial charge in [-0.1, -0.05) is 46.9 Å². The Morgan fingerprint density at radius 2 is 1.79 bits per heavy atom. The highest BCUT2D eigenvalue weighted by molar-refractivity contribution is 6.44. The largest absolute Gasteiger partial charge is 0.474 e. The quantitative estimate of drug-likeness (QED) is 0.445. The van der Waals surface area contributed by atoms with Gasteiger partial charge in [0.15, 0.2) is 11.9 Å². The third kappa shape index (κ3) is 4.29. The molecule has 2 rings (SSSR count). The summed E-state index contributed by atoms with van der Waals surface area (Å²) >= 11 is 17.7. The van der Waals surface area contributed by atoms with Crippen molar-refractivity contribution < 1.29 is 14.5 Å². The van der Waals surface area contributed by atoms with Gasteiger partial charge >= 0.3 is 5.69 Å². The number of benzene rings is 2. The third-order valence-electron chi connectivity index (χ3n) is 3.00. The molecule has 0 heterocycles. The van der Waals surface area contributed by atoms with Crippen LogP contribution >= 0.6 is 34.8 Å². The van der Waals surface area contributed by atoms with Gasteiger partial charge in [-0.05, 0) is 25.1 Å². The van der Waals surface area contributed by atoms with Gasteiger partial charge in [-0.15, -0.1) is 0 Å². The minimum Gasteiger partial charge on any atom is -0.474 e. The van der Waals surface area contributed by atoms with E-state index in [-0.39, 0.29) is 32.2 Å². The van der Waals surface area contributed by atoms with Crippen molar-refractivity contribution in [2.24, 2.45) is 0 Å². The van der Waals surface area contributed by atoms with E-state index in [0.717, 1.165) is 0 Å². The molecule has 0 bridgehead atoms. The van der Waals surface area contributed by atoms with Crippen LogP contribution in [-0.4, -0.2) is 16.9 Å². The second-order valence-corrected chi connectivity index (χ2v) is 5.94. The number of hydrogen-bond acceptors (Lipinski definition) is 4. The van der Waals surface area contributed by atoms with E-state index in [1.54, 1.807) is 6.07 Å². The van der Waals surface area contributed by atoms with Crippen LogP contribution in [0.25, 0.3) is 0 Å². The molecule has 0 aliphatic rings. The molecule has 0 unspecified atom stereocenters. The lowest BCUT2D eigenvalue weighted by atomic mass is 10.2. The van der Waals surface area contributed by atoms with E-state index in [1.165, 1.54) is 37.3 Å².